The van der Waals surface area contributed by atoms with E-state index in [0.29, 0.717) is 21.0 Å². The van der Waals surface area contributed by atoms with Crippen molar-refractivity contribution in [3.05, 3.63) is 51.7 Å². The predicted molar refractivity (Wildman–Crippen MR) is 90.8 cm³/mol. The third kappa shape index (κ3) is 4.59. The molecule has 0 aromatic heterocycles. The minimum atomic E-state index is -0.805. The molecule has 1 amide bonds. The molecule has 0 radical (unpaired) electrons. The van der Waals surface area contributed by atoms with Crippen molar-refractivity contribution in [3.8, 4) is 11.5 Å². The van der Waals surface area contributed by atoms with Crippen molar-refractivity contribution in [2.45, 2.75) is 13.0 Å². The molecule has 0 bridgehead atoms. The van der Waals surface area contributed by atoms with E-state index in [1.54, 1.807) is 31.2 Å². The number of rotatable bonds is 5. The summed E-state index contributed by atoms with van der Waals surface area (Å²) in [7, 11) is 1.43. The highest BCUT2D eigenvalue weighted by atomic mass is 79.9. The summed E-state index contributed by atoms with van der Waals surface area (Å²) in [5, 5.41) is 3.09. The van der Waals surface area contributed by atoms with Crippen LogP contribution in [0.25, 0.3) is 0 Å². The van der Waals surface area contributed by atoms with E-state index in [-0.39, 0.29) is 5.69 Å². The van der Waals surface area contributed by atoms with Crippen LogP contribution >= 0.6 is 27.5 Å². The quantitative estimate of drug-likeness (QED) is 0.791. The molecular formula is C16H14BrClFNO3. The van der Waals surface area contributed by atoms with Gasteiger partial charge in [-0.1, -0.05) is 17.7 Å². The molecular weight excluding hydrogens is 389 g/mol. The molecule has 0 saturated heterocycles. The Kier molecular flexibility index (Phi) is 5.85. The molecule has 2 rings (SSSR count). The van der Waals surface area contributed by atoms with Crippen LogP contribution in [-0.2, 0) is 4.79 Å². The fourth-order valence-corrected chi connectivity index (χ4v) is 2.67. The van der Waals surface area contributed by atoms with Crippen molar-refractivity contribution in [3.63, 3.8) is 0 Å². The van der Waals surface area contributed by atoms with Crippen molar-refractivity contribution in [2.24, 2.45) is 0 Å². The van der Waals surface area contributed by atoms with E-state index in [1.807, 2.05) is 0 Å². The summed E-state index contributed by atoms with van der Waals surface area (Å²) in [6, 6.07) is 9.14. The van der Waals surface area contributed by atoms with Gasteiger partial charge in [-0.15, -0.1) is 0 Å². The number of halogens is 3. The Morgan fingerprint density at radius 2 is 2.09 bits per heavy atom. The van der Waals surface area contributed by atoms with Gasteiger partial charge in [-0.05, 0) is 47.1 Å². The Hall–Kier alpha value is -1.79. The molecule has 23 heavy (non-hydrogen) atoms. The summed E-state index contributed by atoms with van der Waals surface area (Å²) in [5.41, 5.74) is 0.214. The second-order valence-electron chi connectivity index (χ2n) is 4.68. The van der Waals surface area contributed by atoms with Crippen LogP contribution in [0.4, 0.5) is 10.1 Å². The number of carbonyl (C=O) groups is 1. The zero-order valence-corrected chi connectivity index (χ0v) is 14.7. The van der Waals surface area contributed by atoms with Crippen molar-refractivity contribution >= 4 is 39.1 Å². The van der Waals surface area contributed by atoms with Gasteiger partial charge < -0.3 is 14.8 Å². The Bertz CT molecular complexity index is 726. The van der Waals surface area contributed by atoms with Crippen LogP contribution < -0.4 is 14.8 Å². The van der Waals surface area contributed by atoms with Crippen LogP contribution in [0.1, 0.15) is 6.92 Å². The highest BCUT2D eigenvalue weighted by Gasteiger charge is 2.18. The maximum absolute atomic E-state index is 13.5. The molecule has 0 unspecified atom stereocenters. The molecule has 0 saturated carbocycles. The Morgan fingerprint density at radius 3 is 2.74 bits per heavy atom. The smallest absolute Gasteiger partial charge is 0.265 e. The van der Waals surface area contributed by atoms with Gasteiger partial charge in [-0.3, -0.25) is 4.79 Å². The first-order valence-electron chi connectivity index (χ1n) is 6.67. The van der Waals surface area contributed by atoms with Crippen LogP contribution in [0.2, 0.25) is 5.02 Å². The van der Waals surface area contributed by atoms with Gasteiger partial charge in [0.15, 0.2) is 11.9 Å². The summed E-state index contributed by atoms with van der Waals surface area (Å²) in [6.45, 7) is 1.58. The van der Waals surface area contributed by atoms with Gasteiger partial charge in [0.25, 0.3) is 5.91 Å². The normalized spacial score (nSPS) is 11.7. The SMILES string of the molecule is COc1c(Br)cc(F)cc1NC(=O)[C@@H](C)Oc1cccc(Cl)c1. The Labute approximate surface area is 146 Å². The zero-order valence-electron chi connectivity index (χ0n) is 12.4. The van der Waals surface area contributed by atoms with Gasteiger partial charge >= 0.3 is 0 Å². The molecule has 122 valence electrons. The van der Waals surface area contributed by atoms with Crippen molar-refractivity contribution in [1.82, 2.24) is 0 Å². The Balaban J connectivity index is 2.12. The summed E-state index contributed by atoms with van der Waals surface area (Å²) < 4.78 is 24.6. The fourth-order valence-electron chi connectivity index (χ4n) is 1.89. The second kappa shape index (κ2) is 7.66. The van der Waals surface area contributed by atoms with E-state index in [4.69, 9.17) is 21.1 Å². The number of hydrogen-bond acceptors (Lipinski definition) is 3. The molecule has 0 spiro atoms. The van der Waals surface area contributed by atoms with E-state index < -0.39 is 17.8 Å². The van der Waals surface area contributed by atoms with Crippen LogP contribution in [0.3, 0.4) is 0 Å². The first-order valence-corrected chi connectivity index (χ1v) is 7.84. The van der Waals surface area contributed by atoms with Crippen LogP contribution in [-0.4, -0.2) is 19.1 Å². The number of methoxy groups -OCH3 is 1. The maximum atomic E-state index is 13.5. The minimum Gasteiger partial charge on any atom is -0.493 e. The zero-order chi connectivity index (χ0) is 17.0. The minimum absolute atomic E-state index is 0.214. The third-order valence-electron chi connectivity index (χ3n) is 2.95. The number of amides is 1. The fraction of sp³-hybridized carbons (Fsp3) is 0.188. The molecule has 1 N–H and O–H groups in total. The van der Waals surface area contributed by atoms with E-state index in [2.05, 4.69) is 21.2 Å². The van der Waals surface area contributed by atoms with E-state index in [9.17, 15) is 9.18 Å². The van der Waals surface area contributed by atoms with Crippen molar-refractivity contribution in [2.75, 3.05) is 12.4 Å². The molecule has 0 heterocycles. The van der Waals surface area contributed by atoms with Gasteiger partial charge in [-0.2, -0.15) is 0 Å². The van der Waals surface area contributed by atoms with Crippen molar-refractivity contribution in [1.29, 1.82) is 0 Å². The number of hydrogen-bond donors (Lipinski definition) is 1. The average Bonchev–Trinajstić information content (AvgIpc) is 2.46. The van der Waals surface area contributed by atoms with E-state index >= 15 is 0 Å². The first kappa shape index (κ1) is 17.6. The van der Waals surface area contributed by atoms with Crippen LogP contribution in [0, 0.1) is 5.82 Å². The average molecular weight is 403 g/mol. The topological polar surface area (TPSA) is 47.6 Å². The predicted octanol–water partition coefficient (Wildman–Crippen LogP) is 4.66. The number of carbonyl (C=O) groups excluding carboxylic acids is 1. The lowest BCUT2D eigenvalue weighted by atomic mass is 10.2. The van der Waals surface area contributed by atoms with Crippen LogP contribution in [0.15, 0.2) is 40.9 Å². The molecule has 2 aromatic rings. The lowest BCUT2D eigenvalue weighted by Crippen LogP contribution is -2.30. The van der Waals surface area contributed by atoms with E-state index in [0.717, 1.165) is 0 Å². The molecule has 4 nitrogen and oxygen atoms in total. The van der Waals surface area contributed by atoms with Crippen molar-refractivity contribution < 1.29 is 18.7 Å². The number of anilines is 1. The second-order valence-corrected chi connectivity index (χ2v) is 5.97. The summed E-state index contributed by atoms with van der Waals surface area (Å²) in [6.07, 6.45) is -0.805. The Morgan fingerprint density at radius 1 is 1.35 bits per heavy atom. The summed E-state index contributed by atoms with van der Waals surface area (Å²) in [4.78, 5) is 12.2. The highest BCUT2D eigenvalue weighted by molar-refractivity contribution is 9.10. The summed E-state index contributed by atoms with van der Waals surface area (Å²) in [5.74, 6) is -0.153. The molecule has 2 aromatic carbocycles. The summed E-state index contributed by atoms with van der Waals surface area (Å²) >= 11 is 9.05. The van der Waals surface area contributed by atoms with Gasteiger partial charge in [0.2, 0.25) is 0 Å². The maximum Gasteiger partial charge on any atom is 0.265 e. The van der Waals surface area contributed by atoms with Gasteiger partial charge in [0.05, 0.1) is 17.3 Å². The van der Waals surface area contributed by atoms with Gasteiger partial charge in [-0.25, -0.2) is 4.39 Å². The number of nitrogens with one attached hydrogen (secondary N) is 1. The molecule has 7 heteroatoms. The monoisotopic (exact) mass is 401 g/mol. The largest absolute Gasteiger partial charge is 0.493 e. The van der Waals surface area contributed by atoms with Gasteiger partial charge in [0, 0.05) is 11.1 Å². The number of ether oxygens (including phenoxy) is 2. The van der Waals surface area contributed by atoms with E-state index in [1.165, 1.54) is 19.2 Å². The highest BCUT2D eigenvalue weighted by Crippen LogP contribution is 2.34. The molecule has 1 atom stereocenters. The lowest BCUT2D eigenvalue weighted by molar-refractivity contribution is -0.122. The molecule has 0 fully saturated rings. The number of benzene rings is 2. The van der Waals surface area contributed by atoms with Crippen LogP contribution in [0.5, 0.6) is 11.5 Å². The third-order valence-corrected chi connectivity index (χ3v) is 3.77. The molecule has 0 aliphatic heterocycles. The first-order chi connectivity index (χ1) is 10.9. The lowest BCUT2D eigenvalue weighted by Gasteiger charge is -2.17. The molecule has 0 aliphatic carbocycles. The van der Waals surface area contributed by atoms with Gasteiger partial charge in [0.1, 0.15) is 11.6 Å². The standard InChI is InChI=1S/C16H14BrClFNO3/c1-9(23-12-5-3-4-10(18)6-12)16(21)20-14-8-11(19)7-13(17)15(14)22-2/h3-9H,1-2H3,(H,20,21)/t9-/m1/s1. The molecule has 0 aliphatic rings.